The number of aliphatic hydroxyl groups is 1. The topological polar surface area (TPSA) is 81.4 Å². The number of hydrogen-bond donors (Lipinski definition) is 1. The molecule has 2 aliphatic heterocycles. The number of aliphatic hydroxyl groups excluding tert-OH is 1. The average molecular weight is 382 g/mol. The Labute approximate surface area is 157 Å². The van der Waals surface area contributed by atoms with Crippen molar-refractivity contribution in [3.8, 4) is 17.0 Å². The summed E-state index contributed by atoms with van der Waals surface area (Å²) in [6.45, 7) is 0.290. The molecule has 138 valence electrons. The van der Waals surface area contributed by atoms with Gasteiger partial charge in [-0.25, -0.2) is 13.4 Å². The maximum Gasteiger partial charge on any atom is 0.175 e. The normalized spacial score (nSPS) is 23.3. The number of sulfone groups is 1. The number of nitrogens with zero attached hydrogens (tertiary/aromatic N) is 2. The highest BCUT2D eigenvalue weighted by Gasteiger charge is 2.41. The third-order valence-electron chi connectivity index (χ3n) is 5.50. The molecule has 7 heteroatoms. The van der Waals surface area contributed by atoms with Crippen molar-refractivity contribution in [3.63, 3.8) is 0 Å². The Hall–Kier alpha value is -2.64. The molecule has 2 aliphatic rings. The molecule has 0 saturated carbocycles. The lowest BCUT2D eigenvalue weighted by Crippen LogP contribution is -2.33. The van der Waals surface area contributed by atoms with Crippen LogP contribution in [0.5, 0.6) is 5.75 Å². The molecule has 3 aromatic rings. The number of rotatable bonds is 2. The van der Waals surface area contributed by atoms with Crippen molar-refractivity contribution in [2.75, 3.05) is 12.9 Å². The first-order valence-corrected chi connectivity index (χ1v) is 10.6. The predicted octanol–water partition coefficient (Wildman–Crippen LogP) is 2.60. The zero-order valence-electron chi connectivity index (χ0n) is 14.6. The molecule has 5 rings (SSSR count). The van der Waals surface area contributed by atoms with Crippen LogP contribution in [0.3, 0.4) is 0 Å². The molecular formula is C20H18N2O4S. The molecule has 6 nitrogen and oxygen atoms in total. The number of hydrogen-bond acceptors (Lipinski definition) is 5. The van der Waals surface area contributed by atoms with Gasteiger partial charge >= 0.3 is 0 Å². The molecule has 2 aromatic carbocycles. The molecule has 3 atom stereocenters. The van der Waals surface area contributed by atoms with Gasteiger partial charge in [0.2, 0.25) is 0 Å². The van der Waals surface area contributed by atoms with E-state index in [1.807, 2.05) is 18.3 Å². The summed E-state index contributed by atoms with van der Waals surface area (Å²) in [4.78, 5) is 4.46. The number of fused-ring (bicyclic) bond motifs is 4. The minimum Gasteiger partial charge on any atom is -0.493 e. The summed E-state index contributed by atoms with van der Waals surface area (Å²) in [6.07, 6.45) is 4.01. The number of benzene rings is 2. The van der Waals surface area contributed by atoms with Crippen molar-refractivity contribution in [3.05, 3.63) is 66.1 Å². The largest absolute Gasteiger partial charge is 0.493 e. The van der Waals surface area contributed by atoms with Crippen molar-refractivity contribution in [1.29, 1.82) is 0 Å². The zero-order valence-corrected chi connectivity index (χ0v) is 15.4. The molecule has 0 bridgehead atoms. The number of aromatic nitrogens is 2. The molecule has 1 aromatic heterocycles. The molecule has 0 amide bonds. The second-order valence-electron chi connectivity index (χ2n) is 7.11. The van der Waals surface area contributed by atoms with E-state index in [1.165, 1.54) is 12.1 Å². The Morgan fingerprint density at radius 1 is 1.19 bits per heavy atom. The lowest BCUT2D eigenvalue weighted by molar-refractivity contribution is 0.0310. The van der Waals surface area contributed by atoms with Gasteiger partial charge in [0, 0.05) is 23.3 Å². The Balaban J connectivity index is 1.57. The van der Waals surface area contributed by atoms with Crippen LogP contribution in [-0.2, 0) is 9.84 Å². The van der Waals surface area contributed by atoms with E-state index < -0.39 is 15.9 Å². The zero-order chi connectivity index (χ0) is 18.8. The van der Waals surface area contributed by atoms with E-state index in [0.717, 1.165) is 23.1 Å². The molecule has 0 radical (unpaired) electrons. The van der Waals surface area contributed by atoms with Crippen LogP contribution in [-0.4, -0.2) is 35.9 Å². The summed E-state index contributed by atoms with van der Waals surface area (Å²) >= 11 is 0. The number of ether oxygens (including phenoxy) is 1. The fourth-order valence-corrected chi connectivity index (χ4v) is 4.83. The average Bonchev–Trinajstić information content (AvgIpc) is 3.22. The Kier molecular flexibility index (Phi) is 3.47. The number of imidazole rings is 1. The second-order valence-corrected chi connectivity index (χ2v) is 9.13. The Morgan fingerprint density at radius 3 is 2.81 bits per heavy atom. The monoisotopic (exact) mass is 382 g/mol. The summed E-state index contributed by atoms with van der Waals surface area (Å²) in [5.41, 5.74) is 3.90. The fraction of sp³-hybridized carbons (Fsp3) is 0.250. The van der Waals surface area contributed by atoms with E-state index >= 15 is 0 Å². The summed E-state index contributed by atoms with van der Waals surface area (Å²) in [6, 6.07) is 12.7. The molecular weight excluding hydrogens is 364 g/mol. The minimum atomic E-state index is -3.33. The van der Waals surface area contributed by atoms with Crippen LogP contribution in [0.2, 0.25) is 0 Å². The lowest BCUT2D eigenvalue weighted by Gasteiger charge is -2.35. The fourth-order valence-electron chi connectivity index (χ4n) is 4.20. The van der Waals surface area contributed by atoms with Crippen molar-refractivity contribution in [2.24, 2.45) is 5.92 Å². The summed E-state index contributed by atoms with van der Waals surface area (Å²) in [5, 5.41) is 11.1. The van der Waals surface area contributed by atoms with Crippen molar-refractivity contribution < 1.29 is 18.3 Å². The van der Waals surface area contributed by atoms with Gasteiger partial charge in [0.25, 0.3) is 0 Å². The first-order valence-electron chi connectivity index (χ1n) is 8.71. The highest BCUT2D eigenvalue weighted by Crippen LogP contribution is 2.49. The maximum absolute atomic E-state index is 11.8. The Bertz CT molecular complexity index is 1150. The Morgan fingerprint density at radius 2 is 2.00 bits per heavy atom. The third-order valence-corrected chi connectivity index (χ3v) is 6.61. The van der Waals surface area contributed by atoms with Crippen LogP contribution in [0, 0.1) is 5.92 Å². The first kappa shape index (κ1) is 16.5. The van der Waals surface area contributed by atoms with Gasteiger partial charge in [-0.05, 0) is 17.7 Å². The van der Waals surface area contributed by atoms with E-state index in [2.05, 4.69) is 21.7 Å². The van der Waals surface area contributed by atoms with Gasteiger partial charge in [-0.15, -0.1) is 0 Å². The van der Waals surface area contributed by atoms with Crippen LogP contribution in [0.1, 0.15) is 23.3 Å². The minimum absolute atomic E-state index is 0.0866. The van der Waals surface area contributed by atoms with E-state index in [0.29, 0.717) is 11.3 Å². The highest BCUT2D eigenvalue weighted by atomic mass is 32.2. The molecule has 27 heavy (non-hydrogen) atoms. The van der Waals surface area contributed by atoms with Gasteiger partial charge < -0.3 is 14.4 Å². The van der Waals surface area contributed by atoms with Gasteiger partial charge in [-0.3, -0.25) is 0 Å². The van der Waals surface area contributed by atoms with Gasteiger partial charge in [0.05, 0.1) is 41.9 Å². The van der Waals surface area contributed by atoms with Crippen LogP contribution >= 0.6 is 0 Å². The molecule has 0 saturated heterocycles. The molecule has 3 unspecified atom stereocenters. The third kappa shape index (κ3) is 2.42. The van der Waals surface area contributed by atoms with Crippen LogP contribution in [0.15, 0.2) is 59.9 Å². The lowest BCUT2D eigenvalue weighted by atomic mass is 9.84. The van der Waals surface area contributed by atoms with Crippen molar-refractivity contribution >= 4 is 9.84 Å². The van der Waals surface area contributed by atoms with Crippen LogP contribution in [0.25, 0.3) is 11.3 Å². The molecule has 3 heterocycles. The first-order chi connectivity index (χ1) is 12.9. The molecule has 0 aliphatic carbocycles. The summed E-state index contributed by atoms with van der Waals surface area (Å²) in [7, 11) is -3.33. The standard InChI is InChI=1S/C20H18N2O4S/c1-27(24,25)12-6-7-15-18(8-12)26-10-16(20(15)23)19-14-5-3-2-4-13(14)17-9-21-11-22(17)19/h2-9,11,16,19-20,23H,10H2,1H3. The van der Waals surface area contributed by atoms with Gasteiger partial charge in [-0.1, -0.05) is 30.3 Å². The van der Waals surface area contributed by atoms with E-state index in [-0.39, 0.29) is 23.5 Å². The van der Waals surface area contributed by atoms with E-state index in [1.54, 1.807) is 12.4 Å². The maximum atomic E-state index is 11.8. The van der Waals surface area contributed by atoms with Crippen LogP contribution < -0.4 is 4.74 Å². The van der Waals surface area contributed by atoms with E-state index in [4.69, 9.17) is 4.74 Å². The summed E-state index contributed by atoms with van der Waals surface area (Å²) in [5.74, 6) is 0.219. The molecule has 1 N–H and O–H groups in total. The van der Waals surface area contributed by atoms with Gasteiger partial charge in [0.15, 0.2) is 9.84 Å². The summed E-state index contributed by atoms with van der Waals surface area (Å²) < 4.78 is 31.6. The van der Waals surface area contributed by atoms with Crippen molar-refractivity contribution in [2.45, 2.75) is 17.0 Å². The SMILES string of the molecule is CS(=O)(=O)c1ccc2c(c1)OCC(C1c3ccccc3-c3cncn31)C2O. The quantitative estimate of drug-likeness (QED) is 0.737. The smallest absolute Gasteiger partial charge is 0.175 e. The molecule has 0 spiro atoms. The van der Waals surface area contributed by atoms with Gasteiger partial charge in [0.1, 0.15) is 5.75 Å². The second kappa shape index (κ2) is 5.68. The molecule has 0 fully saturated rings. The highest BCUT2D eigenvalue weighted by molar-refractivity contribution is 7.90. The van der Waals surface area contributed by atoms with Crippen LogP contribution in [0.4, 0.5) is 0 Å². The van der Waals surface area contributed by atoms with Crippen molar-refractivity contribution in [1.82, 2.24) is 9.55 Å². The van der Waals surface area contributed by atoms with E-state index in [9.17, 15) is 13.5 Å². The van der Waals surface area contributed by atoms with Gasteiger partial charge in [-0.2, -0.15) is 0 Å². The predicted molar refractivity (Wildman–Crippen MR) is 99.3 cm³/mol.